The van der Waals surface area contributed by atoms with E-state index in [1.807, 2.05) is 0 Å². The standard InChI is InChI=1S/C10H17N3O/c1-13-10(14)6-9(12-13)7-4-2-3-5-8(7)11/h6-8,12H,2-5,11H2,1H3. The summed E-state index contributed by atoms with van der Waals surface area (Å²) < 4.78 is 1.51. The van der Waals surface area contributed by atoms with Gasteiger partial charge in [-0.05, 0) is 12.8 Å². The van der Waals surface area contributed by atoms with Crippen molar-refractivity contribution >= 4 is 0 Å². The zero-order chi connectivity index (χ0) is 10.1. The third-order valence-electron chi connectivity index (χ3n) is 3.13. The molecule has 3 N–H and O–H groups in total. The van der Waals surface area contributed by atoms with Gasteiger partial charge in [-0.15, -0.1) is 0 Å². The van der Waals surface area contributed by atoms with Gasteiger partial charge in [0.25, 0.3) is 5.56 Å². The van der Waals surface area contributed by atoms with Crippen molar-refractivity contribution in [2.45, 2.75) is 37.6 Å². The first-order valence-electron chi connectivity index (χ1n) is 5.20. The predicted molar refractivity (Wildman–Crippen MR) is 55.2 cm³/mol. The zero-order valence-electron chi connectivity index (χ0n) is 8.49. The lowest BCUT2D eigenvalue weighted by atomic mass is 9.83. The Morgan fingerprint density at radius 2 is 2.21 bits per heavy atom. The monoisotopic (exact) mass is 195 g/mol. The molecule has 1 aliphatic rings. The third kappa shape index (κ3) is 1.62. The summed E-state index contributed by atoms with van der Waals surface area (Å²) in [4.78, 5) is 11.3. The van der Waals surface area contributed by atoms with E-state index in [4.69, 9.17) is 5.73 Å². The first-order valence-corrected chi connectivity index (χ1v) is 5.20. The molecule has 2 rings (SSSR count). The number of aromatic amines is 1. The number of nitrogens with zero attached hydrogens (tertiary/aromatic N) is 1. The maximum atomic E-state index is 11.3. The van der Waals surface area contributed by atoms with Gasteiger partial charge < -0.3 is 5.73 Å². The fraction of sp³-hybridized carbons (Fsp3) is 0.700. The van der Waals surface area contributed by atoms with Gasteiger partial charge in [0.1, 0.15) is 0 Å². The molecule has 4 nitrogen and oxygen atoms in total. The fourth-order valence-electron chi connectivity index (χ4n) is 2.25. The molecule has 4 heteroatoms. The molecular weight excluding hydrogens is 178 g/mol. The van der Waals surface area contributed by atoms with E-state index in [2.05, 4.69) is 5.10 Å². The second-order valence-electron chi connectivity index (χ2n) is 4.16. The van der Waals surface area contributed by atoms with Crippen molar-refractivity contribution in [3.63, 3.8) is 0 Å². The largest absolute Gasteiger partial charge is 0.327 e. The van der Waals surface area contributed by atoms with Crippen molar-refractivity contribution in [2.24, 2.45) is 12.8 Å². The molecule has 2 unspecified atom stereocenters. The Labute approximate surface area is 83.1 Å². The highest BCUT2D eigenvalue weighted by Crippen LogP contribution is 2.30. The van der Waals surface area contributed by atoms with Gasteiger partial charge in [0, 0.05) is 30.8 Å². The van der Waals surface area contributed by atoms with E-state index in [-0.39, 0.29) is 11.6 Å². The van der Waals surface area contributed by atoms with Crippen LogP contribution in [0.5, 0.6) is 0 Å². The number of rotatable bonds is 1. The molecule has 1 heterocycles. The molecule has 0 saturated heterocycles. The molecular formula is C10H17N3O. The van der Waals surface area contributed by atoms with Gasteiger partial charge in [-0.2, -0.15) is 0 Å². The van der Waals surface area contributed by atoms with E-state index in [0.29, 0.717) is 5.92 Å². The van der Waals surface area contributed by atoms with Crippen LogP contribution < -0.4 is 11.3 Å². The molecule has 0 bridgehead atoms. The van der Waals surface area contributed by atoms with Crippen molar-refractivity contribution < 1.29 is 0 Å². The number of H-pyrrole nitrogens is 1. The molecule has 1 saturated carbocycles. The Hall–Kier alpha value is -1.03. The number of aryl methyl sites for hydroxylation is 1. The molecule has 78 valence electrons. The van der Waals surface area contributed by atoms with E-state index in [1.54, 1.807) is 13.1 Å². The summed E-state index contributed by atoms with van der Waals surface area (Å²) in [7, 11) is 1.74. The quantitative estimate of drug-likeness (QED) is 0.692. The Balaban J connectivity index is 2.24. The molecule has 0 aliphatic heterocycles. The molecule has 1 aromatic heterocycles. The van der Waals surface area contributed by atoms with Crippen molar-refractivity contribution in [3.05, 3.63) is 22.1 Å². The van der Waals surface area contributed by atoms with E-state index >= 15 is 0 Å². The first kappa shape index (κ1) is 9.52. The van der Waals surface area contributed by atoms with Gasteiger partial charge in [-0.1, -0.05) is 12.8 Å². The van der Waals surface area contributed by atoms with Gasteiger partial charge >= 0.3 is 0 Å². The van der Waals surface area contributed by atoms with Crippen molar-refractivity contribution in [3.8, 4) is 0 Å². The highest BCUT2D eigenvalue weighted by atomic mass is 16.1. The molecule has 2 atom stereocenters. The van der Waals surface area contributed by atoms with Gasteiger partial charge in [0.05, 0.1) is 0 Å². The van der Waals surface area contributed by atoms with E-state index in [0.717, 1.165) is 18.5 Å². The van der Waals surface area contributed by atoms with Crippen LogP contribution in [0, 0.1) is 0 Å². The Kier molecular flexibility index (Phi) is 2.46. The van der Waals surface area contributed by atoms with Crippen molar-refractivity contribution in [2.75, 3.05) is 0 Å². The number of hydrogen-bond acceptors (Lipinski definition) is 2. The summed E-state index contributed by atoms with van der Waals surface area (Å²) in [5, 5.41) is 3.07. The van der Waals surface area contributed by atoms with Crippen LogP contribution in [0.2, 0.25) is 0 Å². The molecule has 1 aromatic rings. The average Bonchev–Trinajstić information content (AvgIpc) is 2.48. The highest BCUT2D eigenvalue weighted by molar-refractivity contribution is 5.10. The molecule has 1 aliphatic carbocycles. The van der Waals surface area contributed by atoms with Crippen LogP contribution in [0.15, 0.2) is 10.9 Å². The number of hydrogen-bond donors (Lipinski definition) is 2. The second-order valence-corrected chi connectivity index (χ2v) is 4.16. The van der Waals surface area contributed by atoms with Crippen molar-refractivity contribution in [1.29, 1.82) is 0 Å². The number of nitrogens with two attached hydrogens (primary N) is 1. The molecule has 1 fully saturated rings. The second kappa shape index (κ2) is 3.61. The lowest BCUT2D eigenvalue weighted by molar-refractivity contribution is 0.377. The summed E-state index contributed by atoms with van der Waals surface area (Å²) in [6.07, 6.45) is 4.60. The van der Waals surface area contributed by atoms with E-state index in [9.17, 15) is 4.79 Å². The maximum absolute atomic E-state index is 11.3. The van der Waals surface area contributed by atoms with Gasteiger partial charge in [-0.25, -0.2) is 0 Å². The minimum Gasteiger partial charge on any atom is -0.327 e. The van der Waals surface area contributed by atoms with Crippen LogP contribution in [0.4, 0.5) is 0 Å². The van der Waals surface area contributed by atoms with Gasteiger partial charge in [0.15, 0.2) is 0 Å². The fourth-order valence-corrected chi connectivity index (χ4v) is 2.25. The van der Waals surface area contributed by atoms with Crippen LogP contribution in [-0.4, -0.2) is 15.8 Å². The smallest absolute Gasteiger partial charge is 0.266 e. The Morgan fingerprint density at radius 1 is 1.50 bits per heavy atom. The number of nitrogens with one attached hydrogen (secondary N) is 1. The van der Waals surface area contributed by atoms with E-state index in [1.165, 1.54) is 17.5 Å². The van der Waals surface area contributed by atoms with Gasteiger partial charge in [-0.3, -0.25) is 14.6 Å². The maximum Gasteiger partial charge on any atom is 0.266 e. The minimum absolute atomic E-state index is 0.0257. The average molecular weight is 195 g/mol. The normalized spacial score (nSPS) is 27.9. The van der Waals surface area contributed by atoms with Crippen LogP contribution >= 0.6 is 0 Å². The SMILES string of the molecule is Cn1[nH]c(C2CCCCC2N)cc1=O. The predicted octanol–water partition coefficient (Wildman–Crippen LogP) is 0.698. The lowest BCUT2D eigenvalue weighted by Crippen LogP contribution is -2.31. The van der Waals surface area contributed by atoms with Crippen LogP contribution in [0.3, 0.4) is 0 Å². The summed E-state index contributed by atoms with van der Waals surface area (Å²) >= 11 is 0. The third-order valence-corrected chi connectivity index (χ3v) is 3.13. The Morgan fingerprint density at radius 3 is 2.79 bits per heavy atom. The summed E-state index contributed by atoms with van der Waals surface area (Å²) in [6, 6.07) is 1.89. The van der Waals surface area contributed by atoms with Gasteiger partial charge in [0.2, 0.25) is 0 Å². The molecule has 0 amide bonds. The van der Waals surface area contributed by atoms with Crippen molar-refractivity contribution in [1.82, 2.24) is 9.78 Å². The van der Waals surface area contributed by atoms with Crippen LogP contribution in [0.1, 0.15) is 37.3 Å². The lowest BCUT2D eigenvalue weighted by Gasteiger charge is -2.27. The molecule has 14 heavy (non-hydrogen) atoms. The topological polar surface area (TPSA) is 63.8 Å². The highest BCUT2D eigenvalue weighted by Gasteiger charge is 2.24. The molecule has 0 aromatic carbocycles. The molecule has 0 spiro atoms. The molecule has 0 radical (unpaired) electrons. The first-order chi connectivity index (χ1) is 6.68. The van der Waals surface area contributed by atoms with E-state index < -0.39 is 0 Å². The summed E-state index contributed by atoms with van der Waals surface area (Å²) in [5.74, 6) is 0.345. The van der Waals surface area contributed by atoms with Crippen LogP contribution in [0.25, 0.3) is 0 Å². The number of aromatic nitrogens is 2. The zero-order valence-corrected chi connectivity index (χ0v) is 8.49. The Bertz CT molecular complexity index is 366. The summed E-state index contributed by atoms with van der Waals surface area (Å²) in [6.45, 7) is 0. The minimum atomic E-state index is 0.0257. The van der Waals surface area contributed by atoms with Crippen LogP contribution in [-0.2, 0) is 7.05 Å². The summed E-state index contributed by atoms with van der Waals surface area (Å²) in [5.41, 5.74) is 7.07.